The number of nitrogens with zero attached hydrogens (tertiary/aromatic N) is 1. The minimum absolute atomic E-state index is 0.0115. The number of halogens is 3. The Morgan fingerprint density at radius 2 is 1.86 bits per heavy atom. The zero-order valence-corrected chi connectivity index (χ0v) is 15.1. The molecule has 1 aromatic carbocycles. The van der Waals surface area contributed by atoms with Crippen LogP contribution in [-0.4, -0.2) is 35.6 Å². The molecule has 0 aliphatic rings. The lowest BCUT2D eigenvalue weighted by Crippen LogP contribution is -2.37. The van der Waals surface area contributed by atoms with Gasteiger partial charge in [-0.25, -0.2) is 4.98 Å². The van der Waals surface area contributed by atoms with Crippen LogP contribution in [0.25, 0.3) is 0 Å². The molecule has 0 radical (unpaired) electrons. The molecule has 0 aliphatic carbocycles. The molecule has 1 atom stereocenters. The number of nitrogens with one attached hydrogen (secondary N) is 2. The highest BCUT2D eigenvalue weighted by Gasteiger charge is 2.29. The fraction of sp³-hybridized carbons (Fsp3) is 0.316. The lowest BCUT2D eigenvalue weighted by molar-refractivity contribution is -0.154. The standard InChI is InChI=1S/C19H20F3N3O3/c1-13(25-17(27)14-6-3-2-4-7-14)10-16(26)24-11-15-8-5-9-23-18(15)28-12-19(20,21)22/h2-9,13H,10-12H2,1H3,(H,24,26)(H,25,27). The third-order valence-corrected chi connectivity index (χ3v) is 3.60. The molecule has 2 amide bonds. The van der Waals surface area contributed by atoms with Crippen molar-refractivity contribution in [2.45, 2.75) is 32.1 Å². The second kappa shape index (κ2) is 9.72. The Labute approximate surface area is 160 Å². The maximum absolute atomic E-state index is 12.3. The van der Waals surface area contributed by atoms with Crippen molar-refractivity contribution >= 4 is 11.8 Å². The van der Waals surface area contributed by atoms with Crippen molar-refractivity contribution in [2.24, 2.45) is 0 Å². The molecule has 2 N–H and O–H groups in total. The van der Waals surface area contributed by atoms with Crippen molar-refractivity contribution in [3.05, 3.63) is 59.8 Å². The van der Waals surface area contributed by atoms with Crippen LogP contribution in [-0.2, 0) is 11.3 Å². The minimum Gasteiger partial charge on any atom is -0.468 e. The molecule has 28 heavy (non-hydrogen) atoms. The van der Waals surface area contributed by atoms with E-state index in [1.54, 1.807) is 37.3 Å². The molecule has 0 aliphatic heterocycles. The van der Waals surface area contributed by atoms with Gasteiger partial charge in [-0.15, -0.1) is 0 Å². The van der Waals surface area contributed by atoms with Gasteiger partial charge in [0.15, 0.2) is 6.61 Å². The van der Waals surface area contributed by atoms with E-state index in [2.05, 4.69) is 20.4 Å². The van der Waals surface area contributed by atoms with E-state index >= 15 is 0 Å². The van der Waals surface area contributed by atoms with Crippen LogP contribution < -0.4 is 15.4 Å². The molecule has 1 unspecified atom stereocenters. The zero-order valence-electron chi connectivity index (χ0n) is 15.1. The quantitative estimate of drug-likeness (QED) is 0.720. The molecule has 1 aromatic heterocycles. The number of carbonyl (C=O) groups is 2. The summed E-state index contributed by atoms with van der Waals surface area (Å²) >= 11 is 0. The van der Waals surface area contributed by atoms with E-state index in [-0.39, 0.29) is 30.7 Å². The van der Waals surface area contributed by atoms with Crippen LogP contribution in [0.4, 0.5) is 13.2 Å². The molecule has 150 valence electrons. The first-order valence-electron chi connectivity index (χ1n) is 8.50. The molecule has 0 saturated heterocycles. The molecular formula is C19H20F3N3O3. The Hall–Kier alpha value is -3.10. The van der Waals surface area contributed by atoms with E-state index in [0.29, 0.717) is 11.1 Å². The molecule has 0 fully saturated rings. The summed E-state index contributed by atoms with van der Waals surface area (Å²) in [6, 6.07) is 11.2. The van der Waals surface area contributed by atoms with Crippen LogP contribution in [0.15, 0.2) is 48.7 Å². The van der Waals surface area contributed by atoms with Gasteiger partial charge in [-0.2, -0.15) is 13.2 Å². The first-order chi connectivity index (χ1) is 13.2. The number of pyridine rings is 1. The number of amides is 2. The van der Waals surface area contributed by atoms with Crippen LogP contribution in [0, 0.1) is 0 Å². The average Bonchev–Trinajstić information content (AvgIpc) is 2.65. The van der Waals surface area contributed by atoms with Gasteiger partial charge in [-0.3, -0.25) is 9.59 Å². The molecule has 0 bridgehead atoms. The van der Waals surface area contributed by atoms with E-state index in [0.717, 1.165) is 0 Å². The summed E-state index contributed by atoms with van der Waals surface area (Å²) in [6.45, 7) is 0.176. The van der Waals surface area contributed by atoms with Crippen molar-refractivity contribution < 1.29 is 27.5 Å². The monoisotopic (exact) mass is 395 g/mol. The number of carbonyl (C=O) groups excluding carboxylic acids is 2. The van der Waals surface area contributed by atoms with Crippen LogP contribution in [0.2, 0.25) is 0 Å². The van der Waals surface area contributed by atoms with E-state index in [4.69, 9.17) is 0 Å². The topological polar surface area (TPSA) is 80.3 Å². The third-order valence-electron chi connectivity index (χ3n) is 3.60. The molecule has 9 heteroatoms. The van der Waals surface area contributed by atoms with Crippen molar-refractivity contribution in [2.75, 3.05) is 6.61 Å². The van der Waals surface area contributed by atoms with Gasteiger partial charge < -0.3 is 15.4 Å². The van der Waals surface area contributed by atoms with E-state index in [1.807, 2.05) is 0 Å². The maximum Gasteiger partial charge on any atom is 0.422 e. The highest BCUT2D eigenvalue weighted by molar-refractivity contribution is 5.94. The molecule has 0 spiro atoms. The summed E-state index contributed by atoms with van der Waals surface area (Å²) in [6.07, 6.45) is -3.17. The van der Waals surface area contributed by atoms with E-state index < -0.39 is 18.8 Å². The van der Waals surface area contributed by atoms with Gasteiger partial charge in [-0.1, -0.05) is 24.3 Å². The number of alkyl halides is 3. The summed E-state index contributed by atoms with van der Waals surface area (Å²) in [5.41, 5.74) is 0.803. The molecular weight excluding hydrogens is 375 g/mol. The van der Waals surface area contributed by atoms with Crippen molar-refractivity contribution in [1.82, 2.24) is 15.6 Å². The average molecular weight is 395 g/mol. The normalized spacial score (nSPS) is 12.1. The second-order valence-electron chi connectivity index (χ2n) is 6.09. The third kappa shape index (κ3) is 7.26. The highest BCUT2D eigenvalue weighted by Crippen LogP contribution is 2.19. The Morgan fingerprint density at radius 3 is 2.54 bits per heavy atom. The summed E-state index contributed by atoms with van der Waals surface area (Å²) in [5, 5.41) is 5.30. The van der Waals surface area contributed by atoms with Crippen LogP contribution in [0.5, 0.6) is 5.88 Å². The fourth-order valence-electron chi connectivity index (χ4n) is 2.33. The molecule has 6 nitrogen and oxygen atoms in total. The number of hydrogen-bond donors (Lipinski definition) is 2. The highest BCUT2D eigenvalue weighted by atomic mass is 19.4. The molecule has 0 saturated carbocycles. The predicted molar refractivity (Wildman–Crippen MR) is 95.6 cm³/mol. The van der Waals surface area contributed by atoms with Gasteiger partial charge in [0.2, 0.25) is 11.8 Å². The Kier molecular flexibility index (Phi) is 7.36. The Balaban J connectivity index is 1.83. The maximum atomic E-state index is 12.3. The summed E-state index contributed by atoms with van der Waals surface area (Å²) < 4.78 is 41.6. The summed E-state index contributed by atoms with van der Waals surface area (Å²) in [4.78, 5) is 27.9. The van der Waals surface area contributed by atoms with Crippen LogP contribution in [0.1, 0.15) is 29.3 Å². The van der Waals surface area contributed by atoms with Gasteiger partial charge in [0.25, 0.3) is 5.91 Å². The van der Waals surface area contributed by atoms with Gasteiger partial charge in [0.05, 0.1) is 0 Å². The molecule has 2 aromatic rings. The Bertz CT molecular complexity index is 798. The van der Waals surface area contributed by atoms with Gasteiger partial charge in [0.1, 0.15) is 0 Å². The number of benzene rings is 1. The largest absolute Gasteiger partial charge is 0.468 e. The Morgan fingerprint density at radius 1 is 1.14 bits per heavy atom. The SMILES string of the molecule is CC(CC(=O)NCc1cccnc1OCC(F)(F)F)NC(=O)c1ccccc1. The first kappa shape index (κ1) is 21.2. The van der Waals surface area contributed by atoms with Crippen molar-refractivity contribution in [3.63, 3.8) is 0 Å². The van der Waals surface area contributed by atoms with E-state index in [9.17, 15) is 22.8 Å². The number of ether oxygens (including phenoxy) is 1. The fourth-order valence-corrected chi connectivity index (χ4v) is 2.33. The number of aromatic nitrogens is 1. The van der Waals surface area contributed by atoms with Gasteiger partial charge >= 0.3 is 6.18 Å². The first-order valence-corrected chi connectivity index (χ1v) is 8.50. The number of hydrogen-bond acceptors (Lipinski definition) is 4. The van der Waals surface area contributed by atoms with Gasteiger partial charge in [-0.05, 0) is 25.1 Å². The second-order valence-corrected chi connectivity index (χ2v) is 6.09. The van der Waals surface area contributed by atoms with E-state index in [1.165, 1.54) is 18.3 Å². The summed E-state index contributed by atoms with van der Waals surface area (Å²) in [5.74, 6) is -0.854. The lowest BCUT2D eigenvalue weighted by Gasteiger charge is -2.15. The van der Waals surface area contributed by atoms with Crippen LogP contribution in [0.3, 0.4) is 0 Å². The van der Waals surface area contributed by atoms with Gasteiger partial charge in [0, 0.05) is 36.3 Å². The van der Waals surface area contributed by atoms with Crippen LogP contribution >= 0.6 is 0 Å². The smallest absolute Gasteiger partial charge is 0.422 e. The predicted octanol–water partition coefficient (Wildman–Crippen LogP) is 2.85. The molecule has 1 heterocycles. The summed E-state index contributed by atoms with van der Waals surface area (Å²) in [7, 11) is 0. The minimum atomic E-state index is -4.48. The lowest BCUT2D eigenvalue weighted by atomic mass is 10.1. The van der Waals surface area contributed by atoms with Crippen molar-refractivity contribution in [3.8, 4) is 5.88 Å². The zero-order chi connectivity index (χ0) is 20.6. The number of rotatable bonds is 8. The van der Waals surface area contributed by atoms with Crippen molar-refractivity contribution in [1.29, 1.82) is 0 Å². The molecule has 2 rings (SSSR count).